The van der Waals surface area contributed by atoms with E-state index in [2.05, 4.69) is 23.8 Å². The van der Waals surface area contributed by atoms with Crippen molar-refractivity contribution in [3.8, 4) is 0 Å². The molecule has 0 radical (unpaired) electrons. The second-order valence-electron chi connectivity index (χ2n) is 5.21. The standard InChI is InChI=1S/C13H20F2N2O/c1-8-5-9(2)13-10(6-8)16-12(17-13)3-4-18-7-11(14)15/h8-9,11H,3-7H2,1-2H3,(H,16,17). The molecule has 1 heterocycles. The molecule has 1 aromatic heterocycles. The lowest BCUT2D eigenvalue weighted by Crippen LogP contribution is -2.14. The van der Waals surface area contributed by atoms with E-state index < -0.39 is 13.0 Å². The second kappa shape index (κ2) is 5.78. The zero-order valence-electron chi connectivity index (χ0n) is 10.9. The molecule has 0 bridgehead atoms. The molecule has 0 amide bonds. The van der Waals surface area contributed by atoms with E-state index in [9.17, 15) is 8.78 Å². The molecule has 0 spiro atoms. The molecule has 1 N–H and O–H groups in total. The molecule has 0 fully saturated rings. The van der Waals surface area contributed by atoms with Crippen LogP contribution in [0.4, 0.5) is 8.78 Å². The Morgan fingerprint density at radius 1 is 1.44 bits per heavy atom. The van der Waals surface area contributed by atoms with Gasteiger partial charge >= 0.3 is 0 Å². The number of rotatable bonds is 5. The lowest BCUT2D eigenvalue weighted by Gasteiger charge is -2.22. The average Bonchev–Trinajstić information content (AvgIpc) is 2.67. The molecule has 1 aliphatic carbocycles. The van der Waals surface area contributed by atoms with Crippen LogP contribution in [0.5, 0.6) is 0 Å². The topological polar surface area (TPSA) is 37.9 Å². The van der Waals surface area contributed by atoms with Gasteiger partial charge in [0.15, 0.2) is 0 Å². The van der Waals surface area contributed by atoms with Crippen molar-refractivity contribution in [2.45, 2.75) is 45.5 Å². The minimum atomic E-state index is -2.39. The summed E-state index contributed by atoms with van der Waals surface area (Å²) in [6.07, 6.45) is 0.376. The summed E-state index contributed by atoms with van der Waals surface area (Å²) < 4.78 is 28.7. The molecule has 0 saturated heterocycles. The Bertz CT molecular complexity index is 392. The van der Waals surface area contributed by atoms with E-state index in [1.54, 1.807) is 0 Å². The first-order valence-corrected chi connectivity index (χ1v) is 6.49. The van der Waals surface area contributed by atoms with Crippen molar-refractivity contribution in [3.05, 3.63) is 17.2 Å². The number of hydrogen-bond donors (Lipinski definition) is 1. The molecule has 2 atom stereocenters. The third-order valence-electron chi connectivity index (χ3n) is 3.36. The minimum Gasteiger partial charge on any atom is -0.375 e. The van der Waals surface area contributed by atoms with Crippen molar-refractivity contribution in [3.63, 3.8) is 0 Å². The van der Waals surface area contributed by atoms with Gasteiger partial charge in [-0.2, -0.15) is 0 Å². The van der Waals surface area contributed by atoms with Crippen molar-refractivity contribution in [1.82, 2.24) is 9.97 Å². The number of alkyl halides is 2. The summed E-state index contributed by atoms with van der Waals surface area (Å²) in [6.45, 7) is 4.23. The highest BCUT2D eigenvalue weighted by molar-refractivity contribution is 5.22. The largest absolute Gasteiger partial charge is 0.375 e. The number of fused-ring (bicyclic) bond motifs is 1. The van der Waals surface area contributed by atoms with Crippen LogP contribution in [0.15, 0.2) is 0 Å². The van der Waals surface area contributed by atoms with Crippen LogP contribution < -0.4 is 0 Å². The van der Waals surface area contributed by atoms with E-state index >= 15 is 0 Å². The highest BCUT2D eigenvalue weighted by Crippen LogP contribution is 2.32. The van der Waals surface area contributed by atoms with Crippen LogP contribution >= 0.6 is 0 Å². The van der Waals surface area contributed by atoms with Crippen molar-refractivity contribution < 1.29 is 13.5 Å². The number of imidazole rings is 1. The highest BCUT2D eigenvalue weighted by atomic mass is 19.3. The zero-order valence-corrected chi connectivity index (χ0v) is 10.9. The Morgan fingerprint density at radius 2 is 2.22 bits per heavy atom. The van der Waals surface area contributed by atoms with E-state index in [-0.39, 0.29) is 0 Å². The fourth-order valence-electron chi connectivity index (χ4n) is 2.65. The molecule has 2 unspecified atom stereocenters. The van der Waals surface area contributed by atoms with Crippen LogP contribution in [0, 0.1) is 5.92 Å². The summed E-state index contributed by atoms with van der Waals surface area (Å²) in [5.74, 6) is 2.02. The highest BCUT2D eigenvalue weighted by Gasteiger charge is 2.24. The molecule has 1 aromatic rings. The minimum absolute atomic E-state index is 0.292. The fraction of sp³-hybridized carbons (Fsp3) is 0.769. The monoisotopic (exact) mass is 258 g/mol. The number of halogens is 2. The third kappa shape index (κ3) is 3.28. The number of aromatic amines is 1. The molecule has 1 aliphatic rings. The smallest absolute Gasteiger partial charge is 0.261 e. The van der Waals surface area contributed by atoms with Gasteiger partial charge in [-0.05, 0) is 18.8 Å². The molecule has 5 heteroatoms. The van der Waals surface area contributed by atoms with Crippen molar-refractivity contribution in [2.75, 3.05) is 13.2 Å². The molecule has 18 heavy (non-hydrogen) atoms. The van der Waals surface area contributed by atoms with Crippen molar-refractivity contribution in [1.29, 1.82) is 0 Å². The van der Waals surface area contributed by atoms with Gasteiger partial charge in [0.2, 0.25) is 0 Å². The van der Waals surface area contributed by atoms with E-state index in [0.29, 0.717) is 24.9 Å². The van der Waals surface area contributed by atoms with Gasteiger partial charge < -0.3 is 9.72 Å². The van der Waals surface area contributed by atoms with Crippen LogP contribution in [0.1, 0.15) is 43.4 Å². The van der Waals surface area contributed by atoms with E-state index in [4.69, 9.17) is 4.74 Å². The molecular weight excluding hydrogens is 238 g/mol. The summed E-state index contributed by atoms with van der Waals surface area (Å²) in [5.41, 5.74) is 2.36. The Balaban J connectivity index is 1.89. The first-order valence-electron chi connectivity index (χ1n) is 6.49. The van der Waals surface area contributed by atoms with Gasteiger partial charge in [-0.1, -0.05) is 13.8 Å². The lowest BCUT2D eigenvalue weighted by atomic mass is 9.84. The normalized spacial score (nSPS) is 23.4. The van der Waals surface area contributed by atoms with Gasteiger partial charge in [0.1, 0.15) is 12.4 Å². The third-order valence-corrected chi connectivity index (χ3v) is 3.36. The SMILES string of the molecule is CC1Cc2[nH]c(CCOCC(F)F)nc2C(C)C1. The first-order chi connectivity index (χ1) is 8.56. The Morgan fingerprint density at radius 3 is 2.94 bits per heavy atom. The van der Waals surface area contributed by atoms with E-state index in [1.165, 1.54) is 12.1 Å². The molecule has 0 saturated carbocycles. The van der Waals surface area contributed by atoms with Crippen LogP contribution in [0.25, 0.3) is 0 Å². The number of hydrogen-bond acceptors (Lipinski definition) is 2. The van der Waals surface area contributed by atoms with Crippen LogP contribution in [-0.4, -0.2) is 29.6 Å². The number of aromatic nitrogens is 2. The van der Waals surface area contributed by atoms with Crippen molar-refractivity contribution >= 4 is 0 Å². The van der Waals surface area contributed by atoms with Gasteiger partial charge in [-0.3, -0.25) is 0 Å². The Hall–Kier alpha value is -0.970. The average molecular weight is 258 g/mol. The van der Waals surface area contributed by atoms with Crippen LogP contribution in [-0.2, 0) is 17.6 Å². The van der Waals surface area contributed by atoms with Gasteiger partial charge in [0, 0.05) is 18.0 Å². The molecule has 0 aromatic carbocycles. The van der Waals surface area contributed by atoms with Gasteiger partial charge in [0.05, 0.1) is 12.3 Å². The predicted molar refractivity (Wildman–Crippen MR) is 65.0 cm³/mol. The maximum absolute atomic E-state index is 11.9. The van der Waals surface area contributed by atoms with Crippen LogP contribution in [0.3, 0.4) is 0 Å². The summed E-state index contributed by atoms with van der Waals surface area (Å²) in [7, 11) is 0. The Kier molecular flexibility index (Phi) is 4.32. The maximum atomic E-state index is 11.9. The number of nitrogens with one attached hydrogen (secondary N) is 1. The first kappa shape index (κ1) is 13.5. The summed E-state index contributed by atoms with van der Waals surface area (Å²) in [6, 6.07) is 0. The number of ether oxygens (including phenoxy) is 1. The van der Waals surface area contributed by atoms with Gasteiger partial charge in [-0.25, -0.2) is 13.8 Å². The summed E-state index contributed by atoms with van der Waals surface area (Å²) >= 11 is 0. The number of H-pyrrole nitrogens is 1. The predicted octanol–water partition coefficient (Wildman–Crippen LogP) is 2.92. The maximum Gasteiger partial charge on any atom is 0.261 e. The molecule has 2 rings (SSSR count). The summed E-state index contributed by atoms with van der Waals surface area (Å²) in [4.78, 5) is 7.86. The quantitative estimate of drug-likeness (QED) is 0.825. The molecule has 102 valence electrons. The second-order valence-corrected chi connectivity index (χ2v) is 5.21. The van der Waals surface area contributed by atoms with E-state index in [0.717, 1.165) is 17.9 Å². The molecule has 0 aliphatic heterocycles. The number of nitrogens with zero attached hydrogens (tertiary/aromatic N) is 1. The Labute approximate surface area is 106 Å². The zero-order chi connectivity index (χ0) is 13.1. The fourth-order valence-corrected chi connectivity index (χ4v) is 2.65. The van der Waals surface area contributed by atoms with E-state index in [1.807, 2.05) is 0 Å². The van der Waals surface area contributed by atoms with Crippen molar-refractivity contribution in [2.24, 2.45) is 5.92 Å². The van der Waals surface area contributed by atoms with Gasteiger partial charge in [-0.15, -0.1) is 0 Å². The molecular formula is C13H20F2N2O. The van der Waals surface area contributed by atoms with Gasteiger partial charge in [0.25, 0.3) is 6.43 Å². The van der Waals surface area contributed by atoms with Crippen LogP contribution in [0.2, 0.25) is 0 Å². The lowest BCUT2D eigenvalue weighted by molar-refractivity contribution is 0.0183. The molecule has 3 nitrogen and oxygen atoms in total. The summed E-state index contributed by atoms with van der Waals surface area (Å²) in [5, 5.41) is 0.